The van der Waals surface area contributed by atoms with Crippen LogP contribution in [-0.4, -0.2) is 24.0 Å². The van der Waals surface area contributed by atoms with E-state index in [0.717, 1.165) is 29.5 Å². The Labute approximate surface area is 145 Å². The van der Waals surface area contributed by atoms with Gasteiger partial charge in [-0.3, -0.25) is 4.79 Å². The molecule has 4 heteroatoms. The first-order valence-corrected chi connectivity index (χ1v) is 9.08. The van der Waals surface area contributed by atoms with Crippen LogP contribution in [0, 0.1) is 0 Å². The summed E-state index contributed by atoms with van der Waals surface area (Å²) in [6.07, 6.45) is 0.942. The number of amides is 1. The lowest BCUT2D eigenvalue weighted by Gasteiger charge is -2.33. The fraction of sp³-hybridized carbons (Fsp3) is 0.250. The number of thiophene rings is 1. The van der Waals surface area contributed by atoms with Gasteiger partial charge in [0.05, 0.1) is 6.04 Å². The van der Waals surface area contributed by atoms with E-state index < -0.39 is 0 Å². The quantitative estimate of drug-likeness (QED) is 0.708. The number of hydrogen-bond acceptors (Lipinski definition) is 3. The van der Waals surface area contributed by atoms with Crippen molar-refractivity contribution in [2.75, 3.05) is 13.2 Å². The first-order valence-electron chi connectivity index (χ1n) is 8.20. The standard InChI is InChI=1S/C20H19NO2S/c1-14-16-10-12-24-19(16)9-11-21(14)20(22)13-23-18-8-4-6-15-5-2-3-7-17(15)18/h2-8,10,12,14H,9,11,13H2,1H3. The maximum absolute atomic E-state index is 12.7. The lowest BCUT2D eigenvalue weighted by Crippen LogP contribution is -2.40. The molecule has 3 aromatic rings. The molecule has 0 saturated carbocycles. The van der Waals surface area contributed by atoms with Gasteiger partial charge in [-0.1, -0.05) is 36.4 Å². The Bertz CT molecular complexity index is 881. The summed E-state index contributed by atoms with van der Waals surface area (Å²) in [5, 5.41) is 4.28. The van der Waals surface area contributed by atoms with E-state index in [1.54, 1.807) is 11.3 Å². The number of benzene rings is 2. The van der Waals surface area contributed by atoms with Crippen molar-refractivity contribution in [3.8, 4) is 5.75 Å². The highest BCUT2D eigenvalue weighted by molar-refractivity contribution is 7.10. The van der Waals surface area contributed by atoms with Gasteiger partial charge in [0.1, 0.15) is 5.75 Å². The van der Waals surface area contributed by atoms with Crippen LogP contribution in [0.1, 0.15) is 23.4 Å². The second kappa shape index (κ2) is 6.29. The maximum atomic E-state index is 12.7. The van der Waals surface area contributed by atoms with Crippen molar-refractivity contribution in [3.63, 3.8) is 0 Å². The van der Waals surface area contributed by atoms with E-state index in [-0.39, 0.29) is 18.6 Å². The van der Waals surface area contributed by atoms with Crippen LogP contribution in [0.25, 0.3) is 10.8 Å². The van der Waals surface area contributed by atoms with Gasteiger partial charge in [0.2, 0.25) is 0 Å². The fourth-order valence-corrected chi connectivity index (χ4v) is 4.36. The summed E-state index contributed by atoms with van der Waals surface area (Å²) < 4.78 is 5.86. The highest BCUT2D eigenvalue weighted by Gasteiger charge is 2.28. The molecule has 122 valence electrons. The van der Waals surface area contributed by atoms with E-state index >= 15 is 0 Å². The Morgan fingerprint density at radius 2 is 2.04 bits per heavy atom. The molecule has 0 aliphatic carbocycles. The zero-order chi connectivity index (χ0) is 16.5. The normalized spacial score (nSPS) is 16.9. The van der Waals surface area contributed by atoms with Gasteiger partial charge in [-0.05, 0) is 41.8 Å². The molecule has 0 radical (unpaired) electrons. The topological polar surface area (TPSA) is 29.5 Å². The fourth-order valence-electron chi connectivity index (χ4n) is 3.39. The molecular weight excluding hydrogens is 318 g/mol. The van der Waals surface area contributed by atoms with E-state index in [1.165, 1.54) is 10.4 Å². The Morgan fingerprint density at radius 1 is 1.21 bits per heavy atom. The molecule has 1 aliphatic rings. The molecule has 2 aromatic carbocycles. The van der Waals surface area contributed by atoms with Gasteiger partial charge in [-0.15, -0.1) is 11.3 Å². The van der Waals surface area contributed by atoms with Crippen molar-refractivity contribution >= 4 is 28.0 Å². The lowest BCUT2D eigenvalue weighted by molar-refractivity contribution is -0.135. The predicted molar refractivity (Wildman–Crippen MR) is 97.6 cm³/mol. The predicted octanol–water partition coefficient (Wildman–Crippen LogP) is 4.43. The smallest absolute Gasteiger partial charge is 0.261 e. The number of hydrogen-bond donors (Lipinski definition) is 0. The van der Waals surface area contributed by atoms with Gasteiger partial charge in [0.15, 0.2) is 6.61 Å². The van der Waals surface area contributed by atoms with Gasteiger partial charge in [-0.2, -0.15) is 0 Å². The molecule has 3 nitrogen and oxygen atoms in total. The van der Waals surface area contributed by atoms with Gasteiger partial charge < -0.3 is 9.64 Å². The minimum atomic E-state index is 0.0484. The highest BCUT2D eigenvalue weighted by atomic mass is 32.1. The number of rotatable bonds is 3. The maximum Gasteiger partial charge on any atom is 0.261 e. The molecule has 0 fully saturated rings. The van der Waals surface area contributed by atoms with Gasteiger partial charge >= 0.3 is 0 Å². The molecule has 1 atom stereocenters. The third-order valence-electron chi connectivity index (χ3n) is 4.70. The van der Waals surface area contributed by atoms with Crippen LogP contribution in [0.2, 0.25) is 0 Å². The van der Waals surface area contributed by atoms with Crippen LogP contribution < -0.4 is 4.74 Å². The van der Waals surface area contributed by atoms with E-state index in [1.807, 2.05) is 35.2 Å². The third kappa shape index (κ3) is 2.67. The first kappa shape index (κ1) is 15.2. The molecule has 1 aliphatic heterocycles. The average Bonchev–Trinajstić information content (AvgIpc) is 3.09. The molecule has 0 bridgehead atoms. The molecule has 0 spiro atoms. The molecule has 0 N–H and O–H groups in total. The Hall–Kier alpha value is -2.33. The van der Waals surface area contributed by atoms with Crippen molar-refractivity contribution < 1.29 is 9.53 Å². The van der Waals surface area contributed by atoms with Crippen LogP contribution in [0.3, 0.4) is 0 Å². The Morgan fingerprint density at radius 3 is 2.96 bits per heavy atom. The number of nitrogens with zero attached hydrogens (tertiary/aromatic N) is 1. The van der Waals surface area contributed by atoms with Crippen molar-refractivity contribution in [2.45, 2.75) is 19.4 Å². The SMILES string of the molecule is CC1c2ccsc2CCN1C(=O)COc1cccc2ccccc12. The summed E-state index contributed by atoms with van der Waals surface area (Å²) in [4.78, 5) is 16.0. The summed E-state index contributed by atoms with van der Waals surface area (Å²) in [6.45, 7) is 2.95. The van der Waals surface area contributed by atoms with Crippen molar-refractivity contribution in [3.05, 3.63) is 64.4 Å². The van der Waals surface area contributed by atoms with Crippen molar-refractivity contribution in [1.29, 1.82) is 0 Å². The summed E-state index contributed by atoms with van der Waals surface area (Å²) >= 11 is 1.79. The minimum absolute atomic E-state index is 0.0484. The Kier molecular flexibility index (Phi) is 3.98. The van der Waals surface area contributed by atoms with Gasteiger partial charge in [-0.25, -0.2) is 0 Å². The van der Waals surface area contributed by atoms with E-state index in [4.69, 9.17) is 4.74 Å². The van der Waals surface area contributed by atoms with Gasteiger partial charge in [0.25, 0.3) is 5.91 Å². The molecular formula is C20H19NO2S. The van der Waals surface area contributed by atoms with Crippen molar-refractivity contribution in [2.24, 2.45) is 0 Å². The zero-order valence-corrected chi connectivity index (χ0v) is 14.4. The number of carbonyl (C=O) groups is 1. The summed E-state index contributed by atoms with van der Waals surface area (Å²) in [7, 11) is 0. The Balaban J connectivity index is 1.49. The number of carbonyl (C=O) groups excluding carboxylic acids is 1. The third-order valence-corrected chi connectivity index (χ3v) is 5.69. The number of fused-ring (bicyclic) bond motifs is 2. The van der Waals surface area contributed by atoms with E-state index in [0.29, 0.717) is 0 Å². The van der Waals surface area contributed by atoms with Crippen molar-refractivity contribution in [1.82, 2.24) is 4.90 Å². The van der Waals surface area contributed by atoms with Crippen LogP contribution in [0.15, 0.2) is 53.9 Å². The molecule has 1 aromatic heterocycles. The van der Waals surface area contributed by atoms with Crippen LogP contribution in [-0.2, 0) is 11.2 Å². The molecule has 0 saturated heterocycles. The van der Waals surface area contributed by atoms with Crippen LogP contribution >= 0.6 is 11.3 Å². The molecule has 24 heavy (non-hydrogen) atoms. The van der Waals surface area contributed by atoms with E-state index in [9.17, 15) is 4.79 Å². The summed E-state index contributed by atoms with van der Waals surface area (Å²) in [5.74, 6) is 0.814. The van der Waals surface area contributed by atoms with Crippen LogP contribution in [0.4, 0.5) is 0 Å². The monoisotopic (exact) mass is 337 g/mol. The largest absolute Gasteiger partial charge is 0.483 e. The molecule has 1 amide bonds. The molecule has 4 rings (SSSR count). The highest BCUT2D eigenvalue weighted by Crippen LogP contribution is 2.33. The molecule has 1 unspecified atom stereocenters. The van der Waals surface area contributed by atoms with Gasteiger partial charge in [0, 0.05) is 16.8 Å². The zero-order valence-electron chi connectivity index (χ0n) is 13.6. The second-order valence-corrected chi connectivity index (χ2v) is 7.08. The molecule has 2 heterocycles. The van der Waals surface area contributed by atoms with Crippen LogP contribution in [0.5, 0.6) is 5.75 Å². The number of ether oxygens (including phenoxy) is 1. The first-order chi connectivity index (χ1) is 11.7. The van der Waals surface area contributed by atoms with E-state index in [2.05, 4.69) is 30.5 Å². The lowest BCUT2D eigenvalue weighted by atomic mass is 10.0. The summed E-state index contributed by atoms with van der Waals surface area (Å²) in [6, 6.07) is 16.3. The summed E-state index contributed by atoms with van der Waals surface area (Å²) in [5.41, 5.74) is 1.28. The second-order valence-electron chi connectivity index (χ2n) is 6.08. The average molecular weight is 337 g/mol. The minimum Gasteiger partial charge on any atom is -0.483 e.